The summed E-state index contributed by atoms with van der Waals surface area (Å²) in [4.78, 5) is 26.4. The Kier molecular flexibility index (Phi) is 5.61. The van der Waals surface area contributed by atoms with Gasteiger partial charge in [-0.25, -0.2) is 4.98 Å². The lowest BCUT2D eigenvalue weighted by Crippen LogP contribution is -2.35. The first-order valence-electron chi connectivity index (χ1n) is 5.51. The van der Waals surface area contributed by atoms with Crippen LogP contribution in [0.25, 0.3) is 0 Å². The summed E-state index contributed by atoms with van der Waals surface area (Å²) in [6.45, 7) is 5.62. The smallest absolute Gasteiger partial charge is 0.309 e. The van der Waals surface area contributed by atoms with E-state index in [0.29, 0.717) is 5.69 Å². The second-order valence-corrected chi connectivity index (χ2v) is 6.54. The molecule has 0 aliphatic carbocycles. The maximum Gasteiger partial charge on any atom is 0.309 e. The molecule has 5 nitrogen and oxygen atoms in total. The number of thioether (sulfide) groups is 1. The topological polar surface area (TPSA) is 79.3 Å². The Labute approximate surface area is 114 Å². The van der Waals surface area contributed by atoms with Gasteiger partial charge in [-0.15, -0.1) is 11.3 Å². The van der Waals surface area contributed by atoms with E-state index in [1.54, 1.807) is 12.3 Å². The van der Waals surface area contributed by atoms with E-state index in [4.69, 9.17) is 5.11 Å². The fourth-order valence-electron chi connectivity index (χ4n) is 1.19. The molecule has 0 spiro atoms. The third kappa shape index (κ3) is 5.05. The van der Waals surface area contributed by atoms with E-state index in [2.05, 4.69) is 10.3 Å². The zero-order chi connectivity index (χ0) is 13.7. The molecule has 0 radical (unpaired) electrons. The number of thiazole rings is 1. The maximum absolute atomic E-state index is 11.7. The first kappa shape index (κ1) is 15.0. The molecule has 1 aromatic rings. The number of carboxylic acids is 1. The van der Waals surface area contributed by atoms with Gasteiger partial charge in [0.05, 0.1) is 17.4 Å². The Hall–Kier alpha value is -1.08. The number of aromatic nitrogens is 1. The van der Waals surface area contributed by atoms with Crippen LogP contribution in [0.15, 0.2) is 9.72 Å². The van der Waals surface area contributed by atoms with E-state index in [1.165, 1.54) is 23.1 Å². The van der Waals surface area contributed by atoms with Crippen LogP contribution in [0.3, 0.4) is 0 Å². The van der Waals surface area contributed by atoms with Crippen molar-refractivity contribution in [2.75, 3.05) is 0 Å². The molecule has 1 aromatic heterocycles. The Morgan fingerprint density at radius 1 is 1.50 bits per heavy atom. The minimum Gasteiger partial charge on any atom is -0.481 e. The summed E-state index contributed by atoms with van der Waals surface area (Å²) >= 11 is 2.71. The van der Waals surface area contributed by atoms with Crippen LogP contribution in [-0.2, 0) is 16.0 Å². The molecule has 0 aliphatic heterocycles. The largest absolute Gasteiger partial charge is 0.481 e. The zero-order valence-corrected chi connectivity index (χ0v) is 12.1. The van der Waals surface area contributed by atoms with Crippen LogP contribution in [0.1, 0.15) is 26.5 Å². The summed E-state index contributed by atoms with van der Waals surface area (Å²) in [5, 5.41) is 12.9. The molecule has 2 N–H and O–H groups in total. The molecule has 7 heteroatoms. The van der Waals surface area contributed by atoms with Crippen LogP contribution in [0.2, 0.25) is 0 Å². The van der Waals surface area contributed by atoms with Crippen LogP contribution in [0.5, 0.6) is 0 Å². The molecule has 100 valence electrons. The van der Waals surface area contributed by atoms with E-state index < -0.39 is 5.97 Å². The number of nitrogens with zero attached hydrogens (tertiary/aromatic N) is 1. The predicted molar refractivity (Wildman–Crippen MR) is 72.1 cm³/mol. The molecule has 0 aromatic carbocycles. The van der Waals surface area contributed by atoms with Crippen LogP contribution < -0.4 is 5.32 Å². The molecular formula is C11H16N2O3S2. The zero-order valence-electron chi connectivity index (χ0n) is 10.5. The highest BCUT2D eigenvalue weighted by molar-refractivity contribution is 8.02. The molecule has 1 unspecified atom stereocenters. The number of hydrogen-bond donors (Lipinski definition) is 2. The van der Waals surface area contributed by atoms with E-state index in [0.717, 1.165) is 4.34 Å². The minimum atomic E-state index is -0.901. The lowest BCUT2D eigenvalue weighted by Gasteiger charge is -2.12. The molecule has 0 saturated carbocycles. The van der Waals surface area contributed by atoms with Gasteiger partial charge < -0.3 is 10.4 Å². The van der Waals surface area contributed by atoms with E-state index in [1.807, 2.05) is 13.8 Å². The quantitative estimate of drug-likeness (QED) is 0.780. The van der Waals surface area contributed by atoms with Crippen molar-refractivity contribution in [2.45, 2.75) is 42.8 Å². The third-order valence-corrected chi connectivity index (χ3v) is 4.06. The van der Waals surface area contributed by atoms with Gasteiger partial charge in [-0.05, 0) is 20.8 Å². The fourth-order valence-corrected chi connectivity index (χ4v) is 3.18. The molecule has 1 heterocycles. The predicted octanol–water partition coefficient (Wildman–Crippen LogP) is 1.78. The van der Waals surface area contributed by atoms with Gasteiger partial charge in [0.15, 0.2) is 4.34 Å². The highest BCUT2D eigenvalue weighted by Crippen LogP contribution is 2.27. The van der Waals surface area contributed by atoms with Gasteiger partial charge in [0.25, 0.3) is 0 Å². The number of aliphatic carboxylic acids is 1. The van der Waals surface area contributed by atoms with Crippen molar-refractivity contribution in [3.63, 3.8) is 0 Å². The summed E-state index contributed by atoms with van der Waals surface area (Å²) < 4.78 is 0.720. The molecule has 0 fully saturated rings. The van der Waals surface area contributed by atoms with Crippen molar-refractivity contribution in [1.82, 2.24) is 10.3 Å². The maximum atomic E-state index is 11.7. The number of amides is 1. The summed E-state index contributed by atoms with van der Waals surface area (Å²) in [5.74, 6) is -0.938. The van der Waals surface area contributed by atoms with Gasteiger partial charge in [-0.1, -0.05) is 11.8 Å². The molecule has 1 amide bonds. The Morgan fingerprint density at radius 3 is 2.72 bits per heavy atom. The Bertz CT molecular complexity index is 432. The normalized spacial score (nSPS) is 12.4. The van der Waals surface area contributed by atoms with Gasteiger partial charge in [-0.3, -0.25) is 9.59 Å². The van der Waals surface area contributed by atoms with Crippen molar-refractivity contribution in [2.24, 2.45) is 0 Å². The van der Waals surface area contributed by atoms with Crippen molar-refractivity contribution >= 4 is 35.0 Å². The highest BCUT2D eigenvalue weighted by Gasteiger charge is 2.17. The van der Waals surface area contributed by atoms with Crippen LogP contribution in [0, 0.1) is 0 Å². The monoisotopic (exact) mass is 288 g/mol. The first-order chi connectivity index (χ1) is 8.38. The number of rotatable bonds is 6. The molecule has 1 atom stereocenters. The van der Waals surface area contributed by atoms with Gasteiger partial charge >= 0.3 is 5.97 Å². The van der Waals surface area contributed by atoms with Crippen LogP contribution in [0.4, 0.5) is 0 Å². The molecule has 18 heavy (non-hydrogen) atoms. The molecular weight excluding hydrogens is 272 g/mol. The lowest BCUT2D eigenvalue weighted by atomic mass is 10.3. The number of carbonyl (C=O) groups excluding carboxylic acids is 1. The van der Waals surface area contributed by atoms with E-state index in [-0.39, 0.29) is 23.6 Å². The number of hydrogen-bond acceptors (Lipinski definition) is 5. The van der Waals surface area contributed by atoms with Gasteiger partial charge in [0, 0.05) is 11.4 Å². The SMILES string of the molecule is CC(C)NC(=O)C(C)Sc1nc(CC(=O)O)cs1. The molecule has 0 bridgehead atoms. The Morgan fingerprint density at radius 2 is 2.17 bits per heavy atom. The summed E-state index contributed by atoms with van der Waals surface area (Å²) in [6.07, 6.45) is -0.0797. The van der Waals surface area contributed by atoms with Crippen molar-refractivity contribution < 1.29 is 14.7 Å². The number of carboxylic acid groups (broad SMARTS) is 1. The highest BCUT2D eigenvalue weighted by atomic mass is 32.2. The van der Waals surface area contributed by atoms with E-state index in [9.17, 15) is 9.59 Å². The molecule has 1 rings (SSSR count). The second kappa shape index (κ2) is 6.75. The van der Waals surface area contributed by atoms with Crippen molar-refractivity contribution in [3.05, 3.63) is 11.1 Å². The van der Waals surface area contributed by atoms with Crippen molar-refractivity contribution in [3.8, 4) is 0 Å². The average Bonchev–Trinajstić information content (AvgIpc) is 2.63. The minimum absolute atomic E-state index is 0.0371. The van der Waals surface area contributed by atoms with Gasteiger partial charge in [-0.2, -0.15) is 0 Å². The summed E-state index contributed by atoms with van der Waals surface area (Å²) in [6, 6.07) is 0.111. The first-order valence-corrected chi connectivity index (χ1v) is 7.27. The number of carbonyl (C=O) groups is 2. The van der Waals surface area contributed by atoms with Crippen LogP contribution in [-0.4, -0.2) is 33.3 Å². The van der Waals surface area contributed by atoms with Gasteiger partial charge in [0.1, 0.15) is 0 Å². The summed E-state index contributed by atoms with van der Waals surface area (Å²) in [5.41, 5.74) is 0.534. The second-order valence-electron chi connectivity index (χ2n) is 4.10. The molecule has 0 aliphatic rings. The van der Waals surface area contributed by atoms with E-state index >= 15 is 0 Å². The lowest BCUT2D eigenvalue weighted by molar-refractivity contribution is -0.136. The van der Waals surface area contributed by atoms with Crippen LogP contribution >= 0.6 is 23.1 Å². The summed E-state index contributed by atoms with van der Waals surface area (Å²) in [7, 11) is 0. The average molecular weight is 288 g/mol. The standard InChI is InChI=1S/C11H16N2O3S2/c1-6(2)12-10(16)7(3)18-11-13-8(5-17-11)4-9(14)15/h5-7H,4H2,1-3H3,(H,12,16)(H,14,15). The third-order valence-electron chi connectivity index (χ3n) is 1.94. The van der Waals surface area contributed by atoms with Crippen molar-refractivity contribution in [1.29, 1.82) is 0 Å². The van der Waals surface area contributed by atoms with Gasteiger partial charge in [0.2, 0.25) is 5.91 Å². The number of nitrogens with one attached hydrogen (secondary N) is 1. The Balaban J connectivity index is 2.54. The fraction of sp³-hybridized carbons (Fsp3) is 0.545. The molecule has 0 saturated heterocycles.